The maximum absolute atomic E-state index is 2.30. The largest absolute Gasteiger partial charge is 0.0773 e. The smallest absolute Gasteiger partial charge is 0.0130 e. The summed E-state index contributed by atoms with van der Waals surface area (Å²) in [6.07, 6.45) is 5.69. The SMILES string of the molecule is CC.CC1=CCC(C)=C(C)C=C1C. The molecule has 1 aliphatic carbocycles. The molecule has 0 bridgehead atoms. The van der Waals surface area contributed by atoms with Crippen LogP contribution in [0.2, 0.25) is 0 Å². The molecule has 0 nitrogen and oxygen atoms in total. The topological polar surface area (TPSA) is 0 Å². The van der Waals surface area contributed by atoms with Crippen molar-refractivity contribution in [1.82, 2.24) is 0 Å². The van der Waals surface area contributed by atoms with Gasteiger partial charge in [0.25, 0.3) is 0 Å². The Kier molecular flexibility index (Phi) is 5.45. The van der Waals surface area contributed by atoms with Crippen LogP contribution in [0.4, 0.5) is 0 Å². The van der Waals surface area contributed by atoms with E-state index in [1.807, 2.05) is 13.8 Å². The van der Waals surface area contributed by atoms with Crippen molar-refractivity contribution in [3.63, 3.8) is 0 Å². The predicted octanol–water partition coefficient (Wildman–Crippen LogP) is 4.65. The molecule has 0 fully saturated rings. The Morgan fingerprint density at radius 2 is 1.46 bits per heavy atom. The summed E-state index contributed by atoms with van der Waals surface area (Å²) < 4.78 is 0. The summed E-state index contributed by atoms with van der Waals surface area (Å²) in [5, 5.41) is 0. The molecule has 0 amide bonds. The van der Waals surface area contributed by atoms with Crippen molar-refractivity contribution in [1.29, 1.82) is 0 Å². The highest BCUT2D eigenvalue weighted by atomic mass is 14.1. The minimum absolute atomic E-state index is 1.12. The van der Waals surface area contributed by atoms with E-state index < -0.39 is 0 Å². The van der Waals surface area contributed by atoms with Crippen LogP contribution >= 0.6 is 0 Å². The van der Waals surface area contributed by atoms with Crippen LogP contribution in [0, 0.1) is 0 Å². The van der Waals surface area contributed by atoms with Crippen LogP contribution in [0.3, 0.4) is 0 Å². The molecule has 0 unspecified atom stereocenters. The van der Waals surface area contributed by atoms with Gasteiger partial charge in [-0.1, -0.05) is 42.7 Å². The van der Waals surface area contributed by atoms with Gasteiger partial charge in [0, 0.05) is 0 Å². The summed E-state index contributed by atoms with van der Waals surface area (Å²) in [5.41, 5.74) is 5.73. The molecule has 0 saturated carbocycles. The van der Waals surface area contributed by atoms with Gasteiger partial charge in [-0.25, -0.2) is 0 Å². The van der Waals surface area contributed by atoms with Crippen molar-refractivity contribution in [2.45, 2.75) is 48.0 Å². The minimum atomic E-state index is 1.12. The molecule has 0 radical (unpaired) electrons. The van der Waals surface area contributed by atoms with Gasteiger partial charge in [-0.15, -0.1) is 0 Å². The van der Waals surface area contributed by atoms with E-state index in [9.17, 15) is 0 Å². The Morgan fingerprint density at radius 3 is 2.00 bits per heavy atom. The van der Waals surface area contributed by atoms with Crippen molar-refractivity contribution >= 4 is 0 Å². The van der Waals surface area contributed by atoms with E-state index in [-0.39, 0.29) is 0 Å². The lowest BCUT2D eigenvalue weighted by atomic mass is 10.1. The molecule has 0 N–H and O–H groups in total. The first-order valence-corrected chi connectivity index (χ1v) is 5.13. The molecule has 0 atom stereocenters. The molecule has 13 heavy (non-hydrogen) atoms. The third-order valence-corrected chi connectivity index (χ3v) is 2.44. The minimum Gasteiger partial charge on any atom is -0.0773 e. The van der Waals surface area contributed by atoms with Gasteiger partial charge >= 0.3 is 0 Å². The number of hydrogen-bond donors (Lipinski definition) is 0. The highest BCUT2D eigenvalue weighted by Crippen LogP contribution is 2.21. The molecule has 0 spiro atoms. The van der Waals surface area contributed by atoms with Gasteiger partial charge in [0.15, 0.2) is 0 Å². The Labute approximate surface area is 83.0 Å². The fraction of sp³-hybridized carbons (Fsp3) is 0.538. The molecule has 0 aliphatic heterocycles. The highest BCUT2D eigenvalue weighted by Gasteiger charge is 2.01. The van der Waals surface area contributed by atoms with E-state index in [0.29, 0.717) is 0 Å². The van der Waals surface area contributed by atoms with E-state index in [0.717, 1.165) is 6.42 Å². The van der Waals surface area contributed by atoms with Crippen molar-refractivity contribution < 1.29 is 0 Å². The summed E-state index contributed by atoms with van der Waals surface area (Å²) in [6.45, 7) is 12.7. The molecule has 0 aromatic rings. The van der Waals surface area contributed by atoms with E-state index in [2.05, 4.69) is 39.8 Å². The Hall–Kier alpha value is -0.780. The fourth-order valence-electron chi connectivity index (χ4n) is 1.19. The second kappa shape index (κ2) is 5.80. The zero-order chi connectivity index (χ0) is 10.4. The molecule has 0 heterocycles. The first kappa shape index (κ1) is 12.2. The molecule has 1 rings (SSSR count). The van der Waals surface area contributed by atoms with Gasteiger partial charge in [0.2, 0.25) is 0 Å². The Bertz CT molecular complexity index is 249. The van der Waals surface area contributed by atoms with Crippen LogP contribution < -0.4 is 0 Å². The van der Waals surface area contributed by atoms with Crippen LogP contribution in [0.1, 0.15) is 48.0 Å². The van der Waals surface area contributed by atoms with Crippen LogP contribution in [-0.4, -0.2) is 0 Å². The Balaban J connectivity index is 0.000000671. The maximum Gasteiger partial charge on any atom is -0.0130 e. The van der Waals surface area contributed by atoms with Gasteiger partial charge in [0.05, 0.1) is 0 Å². The third kappa shape index (κ3) is 3.63. The molecule has 0 aromatic heterocycles. The first-order chi connectivity index (χ1) is 6.11. The molecule has 0 aromatic carbocycles. The molecule has 0 saturated heterocycles. The van der Waals surface area contributed by atoms with Gasteiger partial charge in [0.1, 0.15) is 0 Å². The van der Waals surface area contributed by atoms with Crippen LogP contribution in [0.25, 0.3) is 0 Å². The number of rotatable bonds is 0. The first-order valence-electron chi connectivity index (χ1n) is 5.13. The number of hydrogen-bond acceptors (Lipinski definition) is 0. The average Bonchev–Trinajstić information content (AvgIpc) is 2.24. The summed E-state index contributed by atoms with van der Waals surface area (Å²) in [6, 6.07) is 0. The molecular formula is C13H22. The third-order valence-electron chi connectivity index (χ3n) is 2.44. The van der Waals surface area contributed by atoms with Crippen molar-refractivity contribution in [3.05, 3.63) is 34.4 Å². The molecule has 0 heteroatoms. The van der Waals surface area contributed by atoms with Crippen molar-refractivity contribution in [2.75, 3.05) is 0 Å². The summed E-state index contributed by atoms with van der Waals surface area (Å²) in [5.74, 6) is 0. The Morgan fingerprint density at radius 1 is 0.923 bits per heavy atom. The standard InChI is InChI=1S/C11H16.C2H6/c1-8-5-6-9(2)11(4)7-10(8)3;1-2/h5,7H,6H2,1-4H3;1-2H3. The van der Waals surface area contributed by atoms with Crippen LogP contribution in [0.5, 0.6) is 0 Å². The second-order valence-electron chi connectivity index (χ2n) is 3.38. The van der Waals surface area contributed by atoms with Crippen LogP contribution in [-0.2, 0) is 0 Å². The quantitative estimate of drug-likeness (QED) is 0.506. The lowest BCUT2D eigenvalue weighted by Crippen LogP contribution is -1.77. The van der Waals surface area contributed by atoms with Gasteiger partial charge < -0.3 is 0 Å². The van der Waals surface area contributed by atoms with E-state index in [1.54, 1.807) is 0 Å². The lowest BCUT2D eigenvalue weighted by molar-refractivity contribution is 1.16. The monoisotopic (exact) mass is 178 g/mol. The predicted molar refractivity (Wildman–Crippen MR) is 61.9 cm³/mol. The van der Waals surface area contributed by atoms with E-state index in [4.69, 9.17) is 0 Å². The van der Waals surface area contributed by atoms with Crippen LogP contribution in [0.15, 0.2) is 34.4 Å². The zero-order valence-electron chi connectivity index (χ0n) is 9.86. The van der Waals surface area contributed by atoms with E-state index in [1.165, 1.54) is 22.3 Å². The molecular weight excluding hydrogens is 156 g/mol. The maximum atomic E-state index is 2.30. The summed E-state index contributed by atoms with van der Waals surface area (Å²) in [7, 11) is 0. The molecule has 74 valence electrons. The van der Waals surface area contributed by atoms with Gasteiger partial charge in [-0.05, 0) is 39.7 Å². The fourth-order valence-corrected chi connectivity index (χ4v) is 1.19. The second-order valence-corrected chi connectivity index (χ2v) is 3.38. The van der Waals surface area contributed by atoms with Gasteiger partial charge in [-0.3, -0.25) is 0 Å². The van der Waals surface area contributed by atoms with Crippen molar-refractivity contribution in [2.24, 2.45) is 0 Å². The normalized spacial score (nSPS) is 16.8. The van der Waals surface area contributed by atoms with E-state index >= 15 is 0 Å². The lowest BCUT2D eigenvalue weighted by Gasteiger charge is -1.97. The average molecular weight is 178 g/mol. The molecule has 1 aliphatic rings. The summed E-state index contributed by atoms with van der Waals surface area (Å²) >= 11 is 0. The van der Waals surface area contributed by atoms with Gasteiger partial charge in [-0.2, -0.15) is 0 Å². The number of allylic oxidation sites excluding steroid dienone is 6. The summed E-state index contributed by atoms with van der Waals surface area (Å²) in [4.78, 5) is 0. The zero-order valence-corrected chi connectivity index (χ0v) is 9.86. The highest BCUT2D eigenvalue weighted by molar-refractivity contribution is 5.39. The van der Waals surface area contributed by atoms with Crippen molar-refractivity contribution in [3.8, 4) is 0 Å².